The molecule has 4 amide bonds. The number of anilines is 1. The van der Waals surface area contributed by atoms with E-state index in [1.165, 1.54) is 7.11 Å². The Morgan fingerprint density at radius 2 is 2.08 bits per heavy atom. The van der Waals surface area contributed by atoms with Crippen LogP contribution in [0, 0.1) is 0 Å². The minimum absolute atomic E-state index is 0.0123. The SMILES string of the molecule is COC(=O)Cc1csc(NC(=O)CN2C(=O)NC3(CCCCC3)C2=O)n1. The highest BCUT2D eigenvalue weighted by Gasteiger charge is 2.51. The maximum atomic E-state index is 12.6. The number of nitrogens with zero attached hydrogens (tertiary/aromatic N) is 2. The van der Waals surface area contributed by atoms with Crippen LogP contribution in [0.5, 0.6) is 0 Å². The van der Waals surface area contributed by atoms with E-state index in [4.69, 9.17) is 0 Å². The first-order valence-electron chi connectivity index (χ1n) is 8.39. The number of hydrogen-bond donors (Lipinski definition) is 2. The average Bonchev–Trinajstić information content (AvgIpc) is 3.13. The first kappa shape index (κ1) is 18.3. The van der Waals surface area contributed by atoms with Gasteiger partial charge in [0.1, 0.15) is 12.1 Å². The van der Waals surface area contributed by atoms with Crippen LogP contribution in [0.2, 0.25) is 0 Å². The Bertz CT molecular complexity index is 741. The minimum Gasteiger partial charge on any atom is -0.469 e. The summed E-state index contributed by atoms with van der Waals surface area (Å²) in [5.41, 5.74) is -0.363. The van der Waals surface area contributed by atoms with Gasteiger partial charge >= 0.3 is 12.0 Å². The van der Waals surface area contributed by atoms with Crippen LogP contribution < -0.4 is 10.6 Å². The van der Waals surface area contributed by atoms with Gasteiger partial charge in [-0.3, -0.25) is 19.3 Å². The number of methoxy groups -OCH3 is 1. The second kappa shape index (κ2) is 7.40. The van der Waals surface area contributed by atoms with Gasteiger partial charge in [0.15, 0.2) is 5.13 Å². The number of ether oxygens (including phenoxy) is 1. The van der Waals surface area contributed by atoms with Crippen LogP contribution in [-0.4, -0.2) is 52.9 Å². The lowest BCUT2D eigenvalue weighted by Gasteiger charge is -2.30. The number of esters is 1. The Hall–Kier alpha value is -2.49. The van der Waals surface area contributed by atoms with Crippen molar-refractivity contribution < 1.29 is 23.9 Å². The van der Waals surface area contributed by atoms with Crippen molar-refractivity contribution in [2.24, 2.45) is 0 Å². The molecule has 1 spiro atoms. The van der Waals surface area contributed by atoms with Crippen LogP contribution in [-0.2, 0) is 25.5 Å². The monoisotopic (exact) mass is 380 g/mol. The van der Waals surface area contributed by atoms with Crippen LogP contribution in [0.3, 0.4) is 0 Å². The summed E-state index contributed by atoms with van der Waals surface area (Å²) in [7, 11) is 1.29. The van der Waals surface area contributed by atoms with E-state index in [0.717, 1.165) is 35.5 Å². The molecule has 1 aromatic rings. The Labute approximate surface area is 154 Å². The number of thiazole rings is 1. The number of imide groups is 1. The number of hydrogen-bond acceptors (Lipinski definition) is 7. The summed E-state index contributed by atoms with van der Waals surface area (Å²) in [6.45, 7) is -0.363. The largest absolute Gasteiger partial charge is 0.469 e. The maximum Gasteiger partial charge on any atom is 0.325 e. The van der Waals surface area contributed by atoms with Crippen molar-refractivity contribution in [3.63, 3.8) is 0 Å². The van der Waals surface area contributed by atoms with Crippen LogP contribution in [0.4, 0.5) is 9.93 Å². The maximum absolute atomic E-state index is 12.6. The molecule has 3 rings (SSSR count). The first-order chi connectivity index (χ1) is 12.4. The molecule has 2 N–H and O–H groups in total. The summed E-state index contributed by atoms with van der Waals surface area (Å²) in [4.78, 5) is 53.3. The second-order valence-electron chi connectivity index (χ2n) is 6.41. The van der Waals surface area contributed by atoms with Gasteiger partial charge in [0.05, 0.1) is 19.2 Å². The quantitative estimate of drug-likeness (QED) is 0.582. The van der Waals surface area contributed by atoms with E-state index < -0.39 is 23.4 Å². The Kier molecular flexibility index (Phi) is 5.21. The number of amides is 4. The molecule has 1 aliphatic carbocycles. The summed E-state index contributed by atoms with van der Waals surface area (Å²) < 4.78 is 4.56. The molecule has 10 heteroatoms. The van der Waals surface area contributed by atoms with Gasteiger partial charge in [-0.15, -0.1) is 11.3 Å². The summed E-state index contributed by atoms with van der Waals surface area (Å²) in [6, 6.07) is -0.530. The summed E-state index contributed by atoms with van der Waals surface area (Å²) in [5, 5.41) is 7.25. The van der Waals surface area contributed by atoms with Gasteiger partial charge in [-0.25, -0.2) is 9.78 Å². The van der Waals surface area contributed by atoms with E-state index in [2.05, 4.69) is 20.4 Å². The van der Waals surface area contributed by atoms with Crippen molar-refractivity contribution in [3.05, 3.63) is 11.1 Å². The smallest absolute Gasteiger partial charge is 0.325 e. The number of urea groups is 1. The van der Waals surface area contributed by atoms with Crippen LogP contribution in [0.25, 0.3) is 0 Å². The summed E-state index contributed by atoms with van der Waals surface area (Å²) >= 11 is 1.16. The van der Waals surface area contributed by atoms with Crippen molar-refractivity contribution in [2.45, 2.75) is 44.1 Å². The van der Waals surface area contributed by atoms with Crippen LogP contribution >= 0.6 is 11.3 Å². The number of carbonyl (C=O) groups is 4. The molecule has 2 heterocycles. The molecule has 0 radical (unpaired) electrons. The van der Waals surface area contributed by atoms with Gasteiger partial charge in [0.25, 0.3) is 5.91 Å². The molecule has 0 atom stereocenters. The van der Waals surface area contributed by atoms with E-state index in [1.54, 1.807) is 5.38 Å². The lowest BCUT2D eigenvalue weighted by atomic mass is 9.82. The number of aromatic nitrogens is 1. The third-order valence-electron chi connectivity index (χ3n) is 4.61. The Balaban J connectivity index is 1.59. The van der Waals surface area contributed by atoms with Crippen molar-refractivity contribution in [3.8, 4) is 0 Å². The average molecular weight is 380 g/mol. The Morgan fingerprint density at radius 1 is 1.35 bits per heavy atom. The highest BCUT2D eigenvalue weighted by atomic mass is 32.1. The summed E-state index contributed by atoms with van der Waals surface area (Å²) in [5.74, 6) is -1.27. The van der Waals surface area contributed by atoms with Gasteiger partial charge in [-0.05, 0) is 12.8 Å². The fourth-order valence-electron chi connectivity index (χ4n) is 3.28. The zero-order valence-electron chi connectivity index (χ0n) is 14.4. The lowest BCUT2D eigenvalue weighted by Crippen LogP contribution is -2.48. The summed E-state index contributed by atoms with van der Waals surface area (Å²) in [6.07, 6.45) is 4.04. The fraction of sp³-hybridized carbons (Fsp3) is 0.562. The molecule has 1 saturated heterocycles. The zero-order valence-corrected chi connectivity index (χ0v) is 15.2. The van der Waals surface area contributed by atoms with Gasteiger partial charge in [-0.1, -0.05) is 19.3 Å². The van der Waals surface area contributed by atoms with Crippen LogP contribution in [0.15, 0.2) is 5.38 Å². The molecule has 0 aromatic carbocycles. The second-order valence-corrected chi connectivity index (χ2v) is 7.27. The Morgan fingerprint density at radius 3 is 2.77 bits per heavy atom. The molecule has 9 nitrogen and oxygen atoms in total. The van der Waals surface area contributed by atoms with Crippen molar-refractivity contribution in [1.82, 2.24) is 15.2 Å². The molecule has 0 unspecified atom stereocenters. The highest BCUT2D eigenvalue weighted by Crippen LogP contribution is 2.33. The molecular weight excluding hydrogens is 360 g/mol. The predicted octanol–water partition coefficient (Wildman–Crippen LogP) is 1.05. The number of nitrogens with one attached hydrogen (secondary N) is 2. The molecule has 1 saturated carbocycles. The minimum atomic E-state index is -0.843. The molecule has 1 aliphatic heterocycles. The first-order valence-corrected chi connectivity index (χ1v) is 9.27. The molecule has 2 fully saturated rings. The molecule has 2 aliphatic rings. The van der Waals surface area contributed by atoms with Crippen LogP contribution in [0.1, 0.15) is 37.8 Å². The van der Waals surface area contributed by atoms with Gasteiger partial charge < -0.3 is 15.4 Å². The van der Waals surface area contributed by atoms with Crippen molar-refractivity contribution >= 4 is 40.3 Å². The van der Waals surface area contributed by atoms with Crippen molar-refractivity contribution in [1.29, 1.82) is 0 Å². The number of rotatable bonds is 5. The van der Waals surface area contributed by atoms with Gasteiger partial charge in [-0.2, -0.15) is 0 Å². The zero-order chi connectivity index (χ0) is 18.7. The predicted molar refractivity (Wildman–Crippen MR) is 92.5 cm³/mol. The third kappa shape index (κ3) is 3.69. The lowest BCUT2D eigenvalue weighted by molar-refractivity contribution is -0.139. The van der Waals surface area contributed by atoms with E-state index in [0.29, 0.717) is 23.7 Å². The van der Waals surface area contributed by atoms with E-state index in [-0.39, 0.29) is 18.9 Å². The molecule has 26 heavy (non-hydrogen) atoms. The van der Waals surface area contributed by atoms with Gasteiger partial charge in [0, 0.05) is 5.38 Å². The van der Waals surface area contributed by atoms with E-state index in [9.17, 15) is 19.2 Å². The van der Waals surface area contributed by atoms with E-state index in [1.807, 2.05) is 0 Å². The highest BCUT2D eigenvalue weighted by molar-refractivity contribution is 7.13. The molecular formula is C16H20N4O5S. The molecule has 1 aromatic heterocycles. The van der Waals surface area contributed by atoms with Gasteiger partial charge in [0.2, 0.25) is 5.91 Å². The van der Waals surface area contributed by atoms with E-state index >= 15 is 0 Å². The third-order valence-corrected chi connectivity index (χ3v) is 5.41. The topological polar surface area (TPSA) is 118 Å². The standard InChI is InChI=1S/C16H20N4O5S/c1-25-12(22)7-10-9-26-14(17-10)18-11(21)8-20-13(23)16(19-15(20)24)5-3-2-4-6-16/h9H,2-8H2,1H3,(H,19,24)(H,17,18,21). The number of carbonyl (C=O) groups excluding carboxylic acids is 4. The van der Waals surface area contributed by atoms with Crippen molar-refractivity contribution in [2.75, 3.05) is 19.0 Å². The fourth-order valence-corrected chi connectivity index (χ4v) is 4.01. The molecule has 0 bridgehead atoms. The normalized spacial score (nSPS) is 18.7. The molecule has 140 valence electrons.